The van der Waals surface area contributed by atoms with Crippen LogP contribution in [0.25, 0.3) is 5.69 Å². The van der Waals surface area contributed by atoms with Gasteiger partial charge in [0.15, 0.2) is 12.1 Å². The van der Waals surface area contributed by atoms with Gasteiger partial charge < -0.3 is 25.4 Å². The monoisotopic (exact) mass is 447 g/mol. The fourth-order valence-electron chi connectivity index (χ4n) is 3.60. The molecule has 1 amide bonds. The smallest absolute Gasteiger partial charge is 0.220 e. The Balaban J connectivity index is 1.37. The first-order valence-corrected chi connectivity index (χ1v) is 11.0. The lowest BCUT2D eigenvalue weighted by molar-refractivity contribution is -0.121. The summed E-state index contributed by atoms with van der Waals surface area (Å²) in [6.07, 6.45) is 3.11. The molecule has 2 aromatic carbocycles. The molecule has 170 valence electrons. The van der Waals surface area contributed by atoms with E-state index in [-0.39, 0.29) is 12.2 Å². The molecule has 10 heteroatoms. The highest BCUT2D eigenvalue weighted by atomic mass is 16.5. The van der Waals surface area contributed by atoms with E-state index in [1.807, 2.05) is 48.5 Å². The van der Waals surface area contributed by atoms with Crippen LogP contribution in [0.5, 0.6) is 11.5 Å². The molecule has 6 rings (SSSR count). The number of hydrogen-bond donors (Lipinski definition) is 3. The SMILES string of the molecule is O=C1CCCOc2ccc(cc2)-n2nnc3c2NC(N=C3)Nc2cccc(c2)OCCCN1. The van der Waals surface area contributed by atoms with Crippen molar-refractivity contribution in [1.29, 1.82) is 0 Å². The number of benzene rings is 2. The summed E-state index contributed by atoms with van der Waals surface area (Å²) in [6, 6.07) is 15.3. The largest absolute Gasteiger partial charge is 0.494 e. The molecular weight excluding hydrogens is 422 g/mol. The molecule has 3 aliphatic rings. The third kappa shape index (κ3) is 5.05. The number of rotatable bonds is 0. The van der Waals surface area contributed by atoms with Crippen LogP contribution in [-0.2, 0) is 4.79 Å². The lowest BCUT2D eigenvalue weighted by Gasteiger charge is -2.22. The molecule has 33 heavy (non-hydrogen) atoms. The number of carbonyl (C=O) groups is 1. The van der Waals surface area contributed by atoms with Gasteiger partial charge in [0.05, 0.1) is 25.1 Å². The van der Waals surface area contributed by atoms with E-state index in [1.54, 1.807) is 10.9 Å². The standard InChI is InChI=1S/C23H25N7O3/c31-21-6-2-12-32-18-9-7-17(8-10-18)30-22-20(28-29-30)15-25-23(27-22)26-16-4-1-5-19(14-16)33-13-3-11-24-21/h1,4-5,7-10,14-15,23,26-27H,2-3,6,11-13H2,(H,24,31). The maximum Gasteiger partial charge on any atom is 0.220 e. The van der Waals surface area contributed by atoms with Crippen molar-refractivity contribution >= 4 is 23.6 Å². The fraction of sp³-hybridized carbons (Fsp3) is 0.304. The molecule has 0 saturated carbocycles. The first-order valence-electron chi connectivity index (χ1n) is 11.0. The number of nitrogens with one attached hydrogen (secondary N) is 3. The van der Waals surface area contributed by atoms with Crippen molar-refractivity contribution in [3.8, 4) is 17.2 Å². The molecule has 10 nitrogen and oxygen atoms in total. The average Bonchev–Trinajstić information content (AvgIpc) is 3.25. The lowest BCUT2D eigenvalue weighted by Crippen LogP contribution is -2.30. The summed E-state index contributed by atoms with van der Waals surface area (Å²) in [5, 5.41) is 18.1. The average molecular weight is 447 g/mol. The summed E-state index contributed by atoms with van der Waals surface area (Å²) in [6.45, 7) is 1.55. The number of ether oxygens (including phenoxy) is 2. The van der Waals surface area contributed by atoms with E-state index in [1.165, 1.54) is 0 Å². The van der Waals surface area contributed by atoms with Crippen LogP contribution in [-0.4, -0.2) is 53.2 Å². The molecule has 3 N–H and O–H groups in total. The predicted molar refractivity (Wildman–Crippen MR) is 124 cm³/mol. The van der Waals surface area contributed by atoms with E-state index in [0.29, 0.717) is 38.3 Å². The molecule has 3 aromatic rings. The van der Waals surface area contributed by atoms with Crippen molar-refractivity contribution in [3.63, 3.8) is 0 Å². The summed E-state index contributed by atoms with van der Waals surface area (Å²) >= 11 is 0. The molecule has 1 aromatic heterocycles. The Bertz CT molecular complexity index is 1140. The van der Waals surface area contributed by atoms with Gasteiger partial charge >= 0.3 is 0 Å². The van der Waals surface area contributed by atoms with Crippen molar-refractivity contribution < 1.29 is 14.3 Å². The number of aliphatic imine (C=N–C) groups is 1. The van der Waals surface area contributed by atoms with Gasteiger partial charge in [-0.3, -0.25) is 4.79 Å². The van der Waals surface area contributed by atoms with Crippen molar-refractivity contribution in [2.24, 2.45) is 4.99 Å². The van der Waals surface area contributed by atoms with Gasteiger partial charge in [0.1, 0.15) is 17.2 Å². The molecule has 4 heterocycles. The minimum atomic E-state index is -0.388. The van der Waals surface area contributed by atoms with Crippen LogP contribution in [0.15, 0.2) is 53.5 Å². The van der Waals surface area contributed by atoms with Gasteiger partial charge in [-0.15, -0.1) is 5.10 Å². The topological polar surface area (TPSA) is 115 Å². The molecule has 0 fully saturated rings. The van der Waals surface area contributed by atoms with Crippen molar-refractivity contribution in [2.45, 2.75) is 25.6 Å². The number of carbonyl (C=O) groups excluding carboxylic acids is 1. The first kappa shape index (κ1) is 20.8. The van der Waals surface area contributed by atoms with Crippen LogP contribution in [0.2, 0.25) is 0 Å². The molecule has 1 atom stereocenters. The molecular formula is C23H25N7O3. The summed E-state index contributed by atoms with van der Waals surface area (Å²) in [5.74, 6) is 2.25. The fourth-order valence-corrected chi connectivity index (χ4v) is 3.60. The van der Waals surface area contributed by atoms with Crippen LogP contribution >= 0.6 is 0 Å². The molecule has 0 saturated heterocycles. The van der Waals surface area contributed by atoms with E-state index in [0.717, 1.165) is 35.1 Å². The highest BCUT2D eigenvalue weighted by Gasteiger charge is 2.21. The van der Waals surface area contributed by atoms with Crippen molar-refractivity contribution in [1.82, 2.24) is 20.3 Å². The summed E-state index contributed by atoms with van der Waals surface area (Å²) < 4.78 is 13.3. The molecule has 1 unspecified atom stereocenters. The molecule has 3 aliphatic heterocycles. The van der Waals surface area contributed by atoms with Gasteiger partial charge in [0, 0.05) is 24.7 Å². The van der Waals surface area contributed by atoms with Crippen LogP contribution in [0, 0.1) is 0 Å². The van der Waals surface area contributed by atoms with Gasteiger partial charge in [-0.1, -0.05) is 11.3 Å². The zero-order chi connectivity index (χ0) is 22.5. The quantitative estimate of drug-likeness (QED) is 0.485. The number of fused-ring (bicyclic) bond motifs is 11. The van der Waals surface area contributed by atoms with Crippen molar-refractivity contribution in [3.05, 3.63) is 54.2 Å². The number of nitrogens with zero attached hydrogens (tertiary/aromatic N) is 4. The Morgan fingerprint density at radius 2 is 1.82 bits per heavy atom. The Kier molecular flexibility index (Phi) is 6.05. The maximum absolute atomic E-state index is 12.0. The summed E-state index contributed by atoms with van der Waals surface area (Å²) in [4.78, 5) is 16.5. The van der Waals surface area contributed by atoms with E-state index >= 15 is 0 Å². The van der Waals surface area contributed by atoms with E-state index < -0.39 is 0 Å². The highest BCUT2D eigenvalue weighted by Crippen LogP contribution is 2.24. The molecule has 0 spiro atoms. The first-order chi connectivity index (χ1) is 16.2. The minimum absolute atomic E-state index is 0.0188. The molecule has 6 bridgehead atoms. The Morgan fingerprint density at radius 1 is 0.970 bits per heavy atom. The Hall–Kier alpha value is -4.08. The second-order valence-corrected chi connectivity index (χ2v) is 7.73. The zero-order valence-electron chi connectivity index (χ0n) is 18.0. The van der Waals surface area contributed by atoms with E-state index in [2.05, 4.69) is 31.3 Å². The zero-order valence-corrected chi connectivity index (χ0v) is 18.0. The molecule has 0 aliphatic carbocycles. The van der Waals surface area contributed by atoms with Crippen LogP contribution in [0.1, 0.15) is 25.0 Å². The second-order valence-electron chi connectivity index (χ2n) is 7.73. The summed E-state index contributed by atoms with van der Waals surface area (Å²) in [7, 11) is 0. The van der Waals surface area contributed by atoms with Gasteiger partial charge in [-0.25, -0.2) is 4.99 Å². The van der Waals surface area contributed by atoms with Gasteiger partial charge in [-0.05, 0) is 49.2 Å². The molecule has 0 radical (unpaired) electrons. The highest BCUT2D eigenvalue weighted by molar-refractivity contribution is 5.86. The summed E-state index contributed by atoms with van der Waals surface area (Å²) in [5.41, 5.74) is 2.37. The maximum atomic E-state index is 12.0. The Labute approximate surface area is 191 Å². The minimum Gasteiger partial charge on any atom is -0.494 e. The third-order valence-electron chi connectivity index (χ3n) is 5.26. The van der Waals surface area contributed by atoms with Crippen LogP contribution < -0.4 is 25.4 Å². The number of amides is 1. The second kappa shape index (κ2) is 9.60. The predicted octanol–water partition coefficient (Wildman–Crippen LogP) is 2.57. The number of anilines is 2. The van der Waals surface area contributed by atoms with Gasteiger partial charge in [0.2, 0.25) is 5.91 Å². The van der Waals surface area contributed by atoms with Gasteiger partial charge in [-0.2, -0.15) is 4.68 Å². The van der Waals surface area contributed by atoms with Crippen LogP contribution in [0.3, 0.4) is 0 Å². The normalized spacial score (nSPS) is 18.4. The van der Waals surface area contributed by atoms with E-state index in [9.17, 15) is 4.79 Å². The third-order valence-corrected chi connectivity index (χ3v) is 5.26. The number of aromatic nitrogens is 3. The number of hydrogen-bond acceptors (Lipinski definition) is 8. The lowest BCUT2D eigenvalue weighted by atomic mass is 10.2. The van der Waals surface area contributed by atoms with Gasteiger partial charge in [0.25, 0.3) is 0 Å². The van der Waals surface area contributed by atoms with E-state index in [4.69, 9.17) is 9.47 Å². The Morgan fingerprint density at radius 3 is 2.73 bits per heavy atom. The van der Waals surface area contributed by atoms with Crippen molar-refractivity contribution in [2.75, 3.05) is 30.4 Å². The van der Waals surface area contributed by atoms with Crippen LogP contribution in [0.4, 0.5) is 11.5 Å².